The van der Waals surface area contributed by atoms with Crippen LogP contribution in [0.4, 0.5) is 0 Å². The molecule has 0 unspecified atom stereocenters. The van der Waals surface area contributed by atoms with Crippen LogP contribution in [0.25, 0.3) is 0 Å². The monoisotopic (exact) mass is 216 g/mol. The molecule has 1 aliphatic carbocycles. The van der Waals surface area contributed by atoms with Crippen molar-refractivity contribution in [1.82, 2.24) is 5.43 Å². The zero-order valence-corrected chi connectivity index (χ0v) is 8.41. The molecule has 1 aromatic rings. The van der Waals surface area contributed by atoms with Gasteiger partial charge in [-0.05, 0) is 25.0 Å². The first-order valence-corrected chi connectivity index (χ1v) is 5.15. The summed E-state index contributed by atoms with van der Waals surface area (Å²) in [4.78, 5) is 12.4. The van der Waals surface area contributed by atoms with Crippen molar-refractivity contribution in [3.05, 3.63) is 21.3 Å². The minimum absolute atomic E-state index is 0.106. The number of hydrogen-bond donors (Lipinski definition) is 2. The molecular formula is C8H9ClN2OS. The van der Waals surface area contributed by atoms with Gasteiger partial charge in [0.1, 0.15) is 0 Å². The lowest BCUT2D eigenvalue weighted by Crippen LogP contribution is -2.38. The van der Waals surface area contributed by atoms with E-state index in [0.717, 1.165) is 17.7 Å². The summed E-state index contributed by atoms with van der Waals surface area (Å²) in [6, 6.07) is 3.71. The fraction of sp³-hybridized carbons (Fsp3) is 0.375. The zero-order valence-electron chi connectivity index (χ0n) is 6.84. The predicted octanol–water partition coefficient (Wildman–Crippen LogP) is 1.42. The van der Waals surface area contributed by atoms with E-state index in [-0.39, 0.29) is 11.3 Å². The van der Waals surface area contributed by atoms with Crippen LogP contribution < -0.4 is 11.3 Å². The molecular weight excluding hydrogens is 208 g/mol. The van der Waals surface area contributed by atoms with E-state index in [0.29, 0.717) is 4.34 Å². The van der Waals surface area contributed by atoms with Crippen LogP contribution in [0.2, 0.25) is 4.34 Å². The maximum absolute atomic E-state index is 11.4. The number of amides is 1. The predicted molar refractivity (Wildman–Crippen MR) is 52.6 cm³/mol. The first kappa shape index (κ1) is 8.99. The van der Waals surface area contributed by atoms with Gasteiger partial charge in [-0.25, -0.2) is 5.84 Å². The molecule has 3 N–H and O–H groups in total. The highest BCUT2D eigenvalue weighted by molar-refractivity contribution is 7.16. The first-order valence-electron chi connectivity index (χ1n) is 3.96. The maximum atomic E-state index is 11.4. The van der Waals surface area contributed by atoms with Gasteiger partial charge in [-0.15, -0.1) is 11.3 Å². The van der Waals surface area contributed by atoms with Crippen molar-refractivity contribution in [3.63, 3.8) is 0 Å². The van der Waals surface area contributed by atoms with Gasteiger partial charge in [-0.2, -0.15) is 0 Å². The first-order chi connectivity index (χ1) is 6.19. The van der Waals surface area contributed by atoms with E-state index in [1.807, 2.05) is 12.1 Å². The van der Waals surface area contributed by atoms with Gasteiger partial charge in [-0.3, -0.25) is 10.2 Å². The lowest BCUT2D eigenvalue weighted by atomic mass is 10.1. The highest BCUT2D eigenvalue weighted by atomic mass is 35.5. The standard InChI is InChI=1S/C8H9ClN2OS/c9-6-2-1-5(13-6)8(3-4-8)7(12)11-10/h1-2H,3-4,10H2,(H,11,12). The van der Waals surface area contributed by atoms with Crippen LogP contribution in [-0.4, -0.2) is 5.91 Å². The molecule has 0 atom stereocenters. The Bertz CT molecular complexity index is 346. The van der Waals surface area contributed by atoms with E-state index in [1.54, 1.807) is 0 Å². The second-order valence-corrected chi connectivity index (χ2v) is 4.87. The van der Waals surface area contributed by atoms with Crippen molar-refractivity contribution in [2.24, 2.45) is 5.84 Å². The molecule has 13 heavy (non-hydrogen) atoms. The Balaban J connectivity index is 2.30. The van der Waals surface area contributed by atoms with Gasteiger partial charge in [0.2, 0.25) is 5.91 Å². The van der Waals surface area contributed by atoms with E-state index in [9.17, 15) is 4.79 Å². The normalized spacial score (nSPS) is 18.3. The Kier molecular flexibility index (Phi) is 2.06. The molecule has 1 aliphatic rings. The largest absolute Gasteiger partial charge is 0.293 e. The second kappa shape index (κ2) is 2.97. The van der Waals surface area contributed by atoms with Crippen molar-refractivity contribution < 1.29 is 4.79 Å². The van der Waals surface area contributed by atoms with E-state index >= 15 is 0 Å². The minimum Gasteiger partial charge on any atom is -0.293 e. The third-order valence-corrected chi connectivity index (χ3v) is 3.80. The average molecular weight is 217 g/mol. The number of thiophene rings is 1. The second-order valence-electron chi connectivity index (χ2n) is 3.16. The minimum atomic E-state index is -0.368. The molecule has 1 saturated carbocycles. The van der Waals surface area contributed by atoms with Crippen molar-refractivity contribution >= 4 is 28.8 Å². The fourth-order valence-corrected chi connectivity index (χ4v) is 2.71. The van der Waals surface area contributed by atoms with Gasteiger partial charge in [0.15, 0.2) is 0 Å². The van der Waals surface area contributed by atoms with Gasteiger partial charge < -0.3 is 0 Å². The molecule has 5 heteroatoms. The number of hydrogen-bond acceptors (Lipinski definition) is 3. The number of carbonyl (C=O) groups excluding carboxylic acids is 1. The maximum Gasteiger partial charge on any atom is 0.245 e. The summed E-state index contributed by atoms with van der Waals surface area (Å²) in [5, 5.41) is 0. The molecule has 0 spiro atoms. The lowest BCUT2D eigenvalue weighted by molar-refractivity contribution is -0.123. The van der Waals surface area contributed by atoms with Gasteiger partial charge in [0.05, 0.1) is 9.75 Å². The van der Waals surface area contributed by atoms with E-state index < -0.39 is 0 Å². The highest BCUT2D eigenvalue weighted by Gasteiger charge is 2.52. The zero-order chi connectivity index (χ0) is 9.47. The van der Waals surface area contributed by atoms with Crippen LogP contribution in [0.5, 0.6) is 0 Å². The van der Waals surface area contributed by atoms with Crippen LogP contribution in [0, 0.1) is 0 Å². The summed E-state index contributed by atoms with van der Waals surface area (Å²) >= 11 is 7.25. The summed E-state index contributed by atoms with van der Waals surface area (Å²) in [6.45, 7) is 0. The Hall–Kier alpha value is -0.580. The molecule has 0 aliphatic heterocycles. The highest BCUT2D eigenvalue weighted by Crippen LogP contribution is 2.51. The van der Waals surface area contributed by atoms with Crippen molar-refractivity contribution in [1.29, 1.82) is 0 Å². The molecule has 0 saturated heterocycles. The van der Waals surface area contributed by atoms with Crippen molar-refractivity contribution in [2.45, 2.75) is 18.3 Å². The summed E-state index contributed by atoms with van der Waals surface area (Å²) < 4.78 is 0.714. The van der Waals surface area contributed by atoms with Gasteiger partial charge in [0, 0.05) is 4.88 Å². The van der Waals surface area contributed by atoms with Crippen LogP contribution in [0.3, 0.4) is 0 Å². The van der Waals surface area contributed by atoms with Crippen LogP contribution in [0.1, 0.15) is 17.7 Å². The summed E-state index contributed by atoms with van der Waals surface area (Å²) in [6.07, 6.45) is 1.74. The quantitative estimate of drug-likeness (QED) is 0.446. The number of halogens is 1. The summed E-state index contributed by atoms with van der Waals surface area (Å²) in [5.74, 6) is 5.01. The third kappa shape index (κ3) is 1.35. The topological polar surface area (TPSA) is 55.1 Å². The van der Waals surface area contributed by atoms with Crippen LogP contribution in [0.15, 0.2) is 12.1 Å². The van der Waals surface area contributed by atoms with E-state index in [1.165, 1.54) is 11.3 Å². The van der Waals surface area contributed by atoms with Crippen LogP contribution >= 0.6 is 22.9 Å². The third-order valence-electron chi connectivity index (χ3n) is 2.36. The van der Waals surface area contributed by atoms with Gasteiger partial charge in [-0.1, -0.05) is 11.6 Å². The van der Waals surface area contributed by atoms with Crippen LogP contribution in [-0.2, 0) is 10.2 Å². The number of carbonyl (C=O) groups is 1. The smallest absolute Gasteiger partial charge is 0.245 e. The summed E-state index contributed by atoms with van der Waals surface area (Å²) in [5.41, 5.74) is 1.83. The molecule has 2 rings (SSSR count). The van der Waals surface area contributed by atoms with Gasteiger partial charge >= 0.3 is 0 Å². The lowest BCUT2D eigenvalue weighted by Gasteiger charge is -2.09. The molecule has 3 nitrogen and oxygen atoms in total. The van der Waals surface area contributed by atoms with Crippen molar-refractivity contribution in [3.8, 4) is 0 Å². The number of hydrazine groups is 1. The number of nitrogens with one attached hydrogen (secondary N) is 1. The Morgan fingerprint density at radius 3 is 2.69 bits per heavy atom. The molecule has 1 fully saturated rings. The number of rotatable bonds is 2. The molecule has 1 aromatic heterocycles. The Labute approximate surface area is 84.9 Å². The Morgan fingerprint density at radius 2 is 2.31 bits per heavy atom. The molecule has 0 aromatic carbocycles. The average Bonchev–Trinajstić information content (AvgIpc) is 2.83. The molecule has 0 radical (unpaired) electrons. The Morgan fingerprint density at radius 1 is 1.62 bits per heavy atom. The van der Waals surface area contributed by atoms with Gasteiger partial charge in [0.25, 0.3) is 0 Å². The molecule has 1 heterocycles. The van der Waals surface area contributed by atoms with Crippen molar-refractivity contribution in [2.75, 3.05) is 0 Å². The molecule has 0 bridgehead atoms. The van der Waals surface area contributed by atoms with E-state index in [4.69, 9.17) is 17.4 Å². The summed E-state index contributed by atoms with van der Waals surface area (Å²) in [7, 11) is 0. The number of nitrogens with two attached hydrogens (primary N) is 1. The SMILES string of the molecule is NNC(=O)C1(c2ccc(Cl)s2)CC1. The molecule has 1 amide bonds. The molecule has 70 valence electrons. The van der Waals surface area contributed by atoms with E-state index in [2.05, 4.69) is 5.43 Å². The fourth-order valence-electron chi connectivity index (χ4n) is 1.42.